The molecular weight excluding hydrogens is 366 g/mol. The molecule has 3 aromatic rings. The quantitative estimate of drug-likeness (QED) is 0.531. The summed E-state index contributed by atoms with van der Waals surface area (Å²) in [7, 11) is 1.64. The predicted octanol–water partition coefficient (Wildman–Crippen LogP) is 2.57. The van der Waals surface area contributed by atoms with E-state index in [0.717, 1.165) is 40.3 Å². The first-order valence-corrected chi connectivity index (χ1v) is 9.34. The van der Waals surface area contributed by atoms with Gasteiger partial charge in [0, 0.05) is 24.7 Å². The number of amides is 1. The Kier molecular flexibility index (Phi) is 5.16. The predicted molar refractivity (Wildman–Crippen MR) is 112 cm³/mol. The molecule has 1 saturated heterocycles. The third-order valence-corrected chi connectivity index (χ3v) is 4.87. The van der Waals surface area contributed by atoms with Crippen LogP contribution in [-0.4, -0.2) is 52.0 Å². The fraction of sp³-hybridized carbons (Fsp3) is 0.227. The number of ether oxygens (including phenoxy) is 1. The van der Waals surface area contributed by atoms with Crippen LogP contribution in [0, 0.1) is 11.8 Å². The molecule has 1 amide bonds. The molecule has 146 valence electrons. The third kappa shape index (κ3) is 4.06. The second-order valence-corrected chi connectivity index (χ2v) is 6.76. The van der Waals surface area contributed by atoms with E-state index in [4.69, 9.17) is 4.74 Å². The Morgan fingerprint density at radius 3 is 2.93 bits per heavy atom. The molecule has 3 heterocycles. The number of rotatable bonds is 4. The van der Waals surface area contributed by atoms with Gasteiger partial charge in [-0.3, -0.25) is 4.79 Å². The minimum atomic E-state index is -0.0418. The number of carbonyl (C=O) groups is 1. The van der Waals surface area contributed by atoms with Crippen LogP contribution in [0.5, 0.6) is 5.75 Å². The highest BCUT2D eigenvalue weighted by atomic mass is 16.5. The lowest BCUT2D eigenvalue weighted by Crippen LogP contribution is -2.30. The van der Waals surface area contributed by atoms with Crippen LogP contribution in [0.15, 0.2) is 49.3 Å². The van der Waals surface area contributed by atoms with E-state index < -0.39 is 0 Å². The number of fused-ring (bicyclic) bond motifs is 1. The normalized spacial score (nSPS) is 15.6. The first-order valence-electron chi connectivity index (χ1n) is 9.34. The lowest BCUT2D eigenvalue weighted by Gasteiger charge is -2.15. The minimum Gasteiger partial charge on any atom is -0.497 e. The van der Waals surface area contributed by atoms with Crippen molar-refractivity contribution in [3.05, 3.63) is 60.6 Å². The standard InChI is InChI=1S/C22H21N5O2/c1-3-20(28)27-11-10-17(13-27)26-22-19-12-16(25-21(19)23-14-24-22)7-4-15-5-8-18(29-2)9-6-15/h3,5-6,8-9,12,14,17H,1,10-11,13H2,2H3,(H2,23,24,25,26). The van der Waals surface area contributed by atoms with Gasteiger partial charge in [0.2, 0.25) is 5.91 Å². The van der Waals surface area contributed by atoms with E-state index in [1.54, 1.807) is 12.0 Å². The van der Waals surface area contributed by atoms with Crippen LogP contribution < -0.4 is 10.1 Å². The number of likely N-dealkylation sites (tertiary alicyclic amines) is 1. The van der Waals surface area contributed by atoms with Gasteiger partial charge in [-0.15, -0.1) is 0 Å². The van der Waals surface area contributed by atoms with Crippen LogP contribution in [-0.2, 0) is 4.79 Å². The van der Waals surface area contributed by atoms with Crippen molar-refractivity contribution < 1.29 is 9.53 Å². The number of hydrogen-bond acceptors (Lipinski definition) is 5. The molecule has 1 aromatic carbocycles. The Hall–Kier alpha value is -3.79. The van der Waals surface area contributed by atoms with Gasteiger partial charge < -0.3 is 19.9 Å². The molecule has 1 aliphatic heterocycles. The summed E-state index contributed by atoms with van der Waals surface area (Å²) in [5.74, 6) is 7.76. The number of aromatic amines is 1. The number of nitrogens with one attached hydrogen (secondary N) is 2. The molecule has 29 heavy (non-hydrogen) atoms. The monoisotopic (exact) mass is 387 g/mol. The number of aromatic nitrogens is 3. The zero-order chi connectivity index (χ0) is 20.2. The molecule has 2 aromatic heterocycles. The molecule has 7 heteroatoms. The van der Waals surface area contributed by atoms with Crippen molar-refractivity contribution in [3.8, 4) is 17.6 Å². The minimum absolute atomic E-state index is 0.0418. The number of methoxy groups -OCH3 is 1. The highest BCUT2D eigenvalue weighted by Crippen LogP contribution is 2.23. The molecule has 4 rings (SSSR count). The molecule has 1 fully saturated rings. The SMILES string of the molecule is C=CC(=O)N1CCC(Nc2ncnc3[nH]c(C#Cc4ccc(OC)cc4)cc23)C1. The summed E-state index contributed by atoms with van der Waals surface area (Å²) in [6.07, 6.45) is 3.73. The van der Waals surface area contributed by atoms with Gasteiger partial charge in [-0.1, -0.05) is 12.5 Å². The Morgan fingerprint density at radius 1 is 1.34 bits per heavy atom. The number of carbonyl (C=O) groups excluding carboxylic acids is 1. The topological polar surface area (TPSA) is 83.1 Å². The van der Waals surface area contributed by atoms with Gasteiger partial charge in [0.25, 0.3) is 0 Å². The van der Waals surface area contributed by atoms with E-state index in [2.05, 4.69) is 38.7 Å². The number of nitrogens with zero attached hydrogens (tertiary/aromatic N) is 3. The molecule has 2 N–H and O–H groups in total. The molecule has 7 nitrogen and oxygen atoms in total. The zero-order valence-electron chi connectivity index (χ0n) is 16.1. The molecule has 0 aliphatic carbocycles. The first kappa shape index (κ1) is 18.6. The molecule has 0 spiro atoms. The summed E-state index contributed by atoms with van der Waals surface area (Å²) in [4.78, 5) is 25.5. The van der Waals surface area contributed by atoms with E-state index in [-0.39, 0.29) is 11.9 Å². The van der Waals surface area contributed by atoms with Gasteiger partial charge in [-0.2, -0.15) is 0 Å². The van der Waals surface area contributed by atoms with Gasteiger partial charge in [0.1, 0.15) is 23.5 Å². The number of benzene rings is 1. The first-order chi connectivity index (χ1) is 14.2. The van der Waals surface area contributed by atoms with Crippen LogP contribution in [0.25, 0.3) is 11.0 Å². The van der Waals surface area contributed by atoms with Gasteiger partial charge in [0.05, 0.1) is 18.2 Å². The number of hydrogen-bond donors (Lipinski definition) is 2. The average Bonchev–Trinajstić information content (AvgIpc) is 3.39. The maximum absolute atomic E-state index is 11.8. The van der Waals surface area contributed by atoms with Gasteiger partial charge in [-0.05, 0) is 48.7 Å². The van der Waals surface area contributed by atoms with Crippen molar-refractivity contribution in [2.75, 3.05) is 25.5 Å². The summed E-state index contributed by atoms with van der Waals surface area (Å²) in [6, 6.07) is 9.67. The van der Waals surface area contributed by atoms with Crippen molar-refractivity contribution in [2.24, 2.45) is 0 Å². The Morgan fingerprint density at radius 2 is 2.17 bits per heavy atom. The molecule has 0 saturated carbocycles. The Labute approximate surface area is 168 Å². The summed E-state index contributed by atoms with van der Waals surface area (Å²) in [5, 5.41) is 4.31. The summed E-state index contributed by atoms with van der Waals surface area (Å²) >= 11 is 0. The maximum atomic E-state index is 11.8. The largest absolute Gasteiger partial charge is 0.497 e. The van der Waals surface area contributed by atoms with Crippen LogP contribution >= 0.6 is 0 Å². The van der Waals surface area contributed by atoms with E-state index in [1.165, 1.54) is 12.4 Å². The van der Waals surface area contributed by atoms with Gasteiger partial charge in [-0.25, -0.2) is 9.97 Å². The van der Waals surface area contributed by atoms with Crippen LogP contribution in [0.3, 0.4) is 0 Å². The molecule has 0 bridgehead atoms. The van der Waals surface area contributed by atoms with Crippen molar-refractivity contribution in [3.63, 3.8) is 0 Å². The van der Waals surface area contributed by atoms with Crippen molar-refractivity contribution in [1.82, 2.24) is 19.9 Å². The van der Waals surface area contributed by atoms with Gasteiger partial charge in [0.15, 0.2) is 0 Å². The van der Waals surface area contributed by atoms with Crippen molar-refractivity contribution in [1.29, 1.82) is 0 Å². The van der Waals surface area contributed by atoms with E-state index in [9.17, 15) is 4.79 Å². The summed E-state index contributed by atoms with van der Waals surface area (Å²) in [5.41, 5.74) is 2.37. The number of H-pyrrole nitrogens is 1. The zero-order valence-corrected chi connectivity index (χ0v) is 16.1. The second kappa shape index (κ2) is 8.07. The molecule has 1 aliphatic rings. The van der Waals surface area contributed by atoms with Crippen molar-refractivity contribution >= 4 is 22.8 Å². The van der Waals surface area contributed by atoms with E-state index in [0.29, 0.717) is 13.1 Å². The molecule has 0 radical (unpaired) electrons. The summed E-state index contributed by atoms with van der Waals surface area (Å²) < 4.78 is 5.16. The van der Waals surface area contributed by atoms with Crippen LogP contribution in [0.1, 0.15) is 17.7 Å². The number of anilines is 1. The Bertz CT molecular complexity index is 1110. The smallest absolute Gasteiger partial charge is 0.246 e. The lowest BCUT2D eigenvalue weighted by atomic mass is 10.2. The van der Waals surface area contributed by atoms with Crippen LogP contribution in [0.2, 0.25) is 0 Å². The van der Waals surface area contributed by atoms with E-state index in [1.807, 2.05) is 30.3 Å². The fourth-order valence-electron chi connectivity index (χ4n) is 3.34. The third-order valence-electron chi connectivity index (χ3n) is 4.87. The molecular formula is C22H21N5O2. The average molecular weight is 387 g/mol. The van der Waals surface area contributed by atoms with E-state index >= 15 is 0 Å². The second-order valence-electron chi connectivity index (χ2n) is 6.76. The maximum Gasteiger partial charge on any atom is 0.246 e. The fourth-order valence-corrected chi connectivity index (χ4v) is 3.34. The molecule has 1 atom stereocenters. The van der Waals surface area contributed by atoms with Gasteiger partial charge >= 0.3 is 0 Å². The lowest BCUT2D eigenvalue weighted by molar-refractivity contribution is -0.125. The van der Waals surface area contributed by atoms with Crippen molar-refractivity contribution in [2.45, 2.75) is 12.5 Å². The Balaban J connectivity index is 1.52. The summed E-state index contributed by atoms with van der Waals surface area (Å²) in [6.45, 7) is 4.89. The molecule has 1 unspecified atom stereocenters. The van der Waals surface area contributed by atoms with Crippen LogP contribution in [0.4, 0.5) is 5.82 Å². The highest BCUT2D eigenvalue weighted by molar-refractivity contribution is 5.89. The highest BCUT2D eigenvalue weighted by Gasteiger charge is 2.25.